The lowest BCUT2D eigenvalue weighted by Gasteiger charge is -2.19. The normalized spacial score (nSPS) is 14.1. The maximum Gasteiger partial charge on any atom is 0.247 e. The maximum absolute atomic E-state index is 6.34. The van der Waals surface area contributed by atoms with E-state index in [1.54, 1.807) is 6.08 Å². The highest BCUT2D eigenvalue weighted by Crippen LogP contribution is 2.39. The van der Waals surface area contributed by atoms with Gasteiger partial charge in [0.05, 0.1) is 0 Å². The second-order valence-electron chi connectivity index (χ2n) is 7.38. The molecular weight excluding hydrogens is 432 g/mol. The van der Waals surface area contributed by atoms with Crippen LogP contribution in [0.5, 0.6) is 11.6 Å². The third-order valence-corrected chi connectivity index (χ3v) is 6.00. The van der Waals surface area contributed by atoms with Crippen molar-refractivity contribution in [2.75, 3.05) is 11.9 Å². The lowest BCUT2D eigenvalue weighted by Crippen LogP contribution is -2.17. The molecular formula is C26H22N4O2S. The van der Waals surface area contributed by atoms with E-state index in [0.717, 1.165) is 28.3 Å². The van der Waals surface area contributed by atoms with E-state index in [1.807, 2.05) is 66.7 Å². The van der Waals surface area contributed by atoms with Gasteiger partial charge in [-0.1, -0.05) is 72.9 Å². The van der Waals surface area contributed by atoms with E-state index in [1.165, 1.54) is 17.3 Å². The molecule has 0 unspecified atom stereocenters. The molecule has 164 valence electrons. The molecule has 6 nitrogen and oxygen atoms in total. The van der Waals surface area contributed by atoms with Crippen LogP contribution in [0.1, 0.15) is 17.4 Å². The van der Waals surface area contributed by atoms with E-state index < -0.39 is 6.23 Å². The number of nitrogens with zero attached hydrogens (tertiary/aromatic N) is 3. The van der Waals surface area contributed by atoms with Crippen molar-refractivity contribution in [1.82, 2.24) is 15.2 Å². The summed E-state index contributed by atoms with van der Waals surface area (Å²) in [4.78, 5) is 4.71. The van der Waals surface area contributed by atoms with Crippen molar-refractivity contribution in [3.63, 3.8) is 0 Å². The predicted octanol–water partition coefficient (Wildman–Crippen LogP) is 5.90. The van der Waals surface area contributed by atoms with Crippen LogP contribution in [-0.4, -0.2) is 21.8 Å². The molecule has 1 aromatic heterocycles. The number of fused-ring (bicyclic) bond motifs is 3. The molecule has 0 saturated carbocycles. The molecule has 1 atom stereocenters. The first-order chi connectivity index (χ1) is 16.3. The van der Waals surface area contributed by atoms with Crippen LogP contribution in [0.3, 0.4) is 0 Å². The third-order valence-electron chi connectivity index (χ3n) is 5.10. The first-order valence-corrected chi connectivity index (χ1v) is 11.6. The monoisotopic (exact) mass is 454 g/mol. The third kappa shape index (κ3) is 4.83. The van der Waals surface area contributed by atoms with Crippen LogP contribution in [0.25, 0.3) is 11.3 Å². The molecule has 0 amide bonds. The molecule has 1 aliphatic rings. The van der Waals surface area contributed by atoms with Crippen molar-refractivity contribution in [3.8, 4) is 22.9 Å². The summed E-state index contributed by atoms with van der Waals surface area (Å²) in [6.45, 7) is 4.15. The zero-order valence-electron chi connectivity index (χ0n) is 17.8. The lowest BCUT2D eigenvalue weighted by molar-refractivity contribution is 0.225. The lowest BCUT2D eigenvalue weighted by atomic mass is 10.1. The highest BCUT2D eigenvalue weighted by Gasteiger charge is 2.26. The average molecular weight is 455 g/mol. The highest BCUT2D eigenvalue weighted by atomic mass is 32.2. The largest absolute Gasteiger partial charge is 0.490 e. The Morgan fingerprint density at radius 2 is 1.76 bits per heavy atom. The summed E-state index contributed by atoms with van der Waals surface area (Å²) in [6.07, 6.45) is 1.28. The van der Waals surface area contributed by atoms with E-state index >= 15 is 0 Å². The minimum atomic E-state index is -0.440. The van der Waals surface area contributed by atoms with Gasteiger partial charge in [0.1, 0.15) is 12.4 Å². The first kappa shape index (κ1) is 21.0. The van der Waals surface area contributed by atoms with Gasteiger partial charge in [-0.2, -0.15) is 4.98 Å². The molecule has 7 heteroatoms. The van der Waals surface area contributed by atoms with Crippen LogP contribution in [0.2, 0.25) is 0 Å². The molecule has 33 heavy (non-hydrogen) atoms. The molecule has 0 bridgehead atoms. The van der Waals surface area contributed by atoms with Gasteiger partial charge in [0.25, 0.3) is 0 Å². The minimum absolute atomic E-state index is 0.440. The summed E-state index contributed by atoms with van der Waals surface area (Å²) < 4.78 is 11.9. The van der Waals surface area contributed by atoms with Crippen LogP contribution in [0.15, 0.2) is 96.7 Å². The van der Waals surface area contributed by atoms with Gasteiger partial charge < -0.3 is 14.8 Å². The van der Waals surface area contributed by atoms with Gasteiger partial charge in [-0.15, -0.1) is 10.2 Å². The van der Waals surface area contributed by atoms with Gasteiger partial charge in [-0.05, 0) is 35.9 Å². The Hall–Kier alpha value is -3.84. The fourth-order valence-electron chi connectivity index (χ4n) is 3.48. The van der Waals surface area contributed by atoms with Crippen LogP contribution >= 0.6 is 11.8 Å². The molecule has 5 rings (SSSR count). The molecule has 1 aliphatic heterocycles. The van der Waals surface area contributed by atoms with Crippen LogP contribution < -0.4 is 14.8 Å². The summed E-state index contributed by atoms with van der Waals surface area (Å²) in [5.74, 6) is 1.98. The number of hydrogen-bond acceptors (Lipinski definition) is 7. The van der Waals surface area contributed by atoms with Crippen molar-refractivity contribution in [2.24, 2.45) is 0 Å². The Kier molecular flexibility index (Phi) is 6.21. The molecule has 1 N–H and O–H groups in total. The van der Waals surface area contributed by atoms with E-state index in [2.05, 4.69) is 34.2 Å². The summed E-state index contributed by atoms with van der Waals surface area (Å²) in [6, 6.07) is 25.9. The number of rotatable bonds is 7. The smallest absolute Gasteiger partial charge is 0.247 e. The number of nitrogens with one attached hydrogen (secondary N) is 1. The second kappa shape index (κ2) is 9.75. The molecule has 0 aliphatic carbocycles. The Labute approximate surface area is 196 Å². The van der Waals surface area contributed by atoms with Crippen molar-refractivity contribution in [1.29, 1.82) is 0 Å². The molecule has 2 heterocycles. The number of anilines is 1. The summed E-state index contributed by atoms with van der Waals surface area (Å²) in [7, 11) is 0. The second-order valence-corrected chi connectivity index (χ2v) is 8.32. The van der Waals surface area contributed by atoms with Crippen LogP contribution in [-0.2, 0) is 5.75 Å². The van der Waals surface area contributed by atoms with E-state index in [4.69, 9.17) is 14.5 Å². The highest BCUT2D eigenvalue weighted by molar-refractivity contribution is 7.98. The quantitative estimate of drug-likeness (QED) is 0.275. The number of hydrogen-bond donors (Lipinski definition) is 1. The fraction of sp³-hybridized carbons (Fsp3) is 0.115. The van der Waals surface area contributed by atoms with Gasteiger partial charge in [0.15, 0.2) is 11.9 Å². The molecule has 4 aromatic rings. The summed E-state index contributed by atoms with van der Waals surface area (Å²) in [5.41, 5.74) is 4.58. The van der Waals surface area contributed by atoms with Crippen molar-refractivity contribution < 1.29 is 9.47 Å². The zero-order valence-corrected chi connectivity index (χ0v) is 18.7. The standard InChI is InChI=1S/C26H22N4O2S/c1-2-16-31-20-14-12-19(13-15-20)24-27-22-11-7-6-10-21(22)23-25(32-24)28-26(30-29-23)33-17-18-8-4-3-5-9-18/h2-15,24,27H,1,16-17H2/t24-/m0/s1. The Balaban J connectivity index is 1.44. The molecule has 0 radical (unpaired) electrons. The van der Waals surface area contributed by atoms with E-state index in [0.29, 0.717) is 23.3 Å². The minimum Gasteiger partial charge on any atom is -0.490 e. The first-order valence-electron chi connectivity index (χ1n) is 10.6. The van der Waals surface area contributed by atoms with E-state index in [9.17, 15) is 0 Å². The van der Waals surface area contributed by atoms with Crippen molar-refractivity contribution in [2.45, 2.75) is 17.1 Å². The predicted molar refractivity (Wildman–Crippen MR) is 130 cm³/mol. The summed E-state index contributed by atoms with van der Waals surface area (Å²) in [5, 5.41) is 12.9. The number of benzene rings is 3. The maximum atomic E-state index is 6.34. The molecule has 0 saturated heterocycles. The van der Waals surface area contributed by atoms with Gasteiger partial charge in [0, 0.05) is 22.6 Å². The summed E-state index contributed by atoms with van der Waals surface area (Å²) >= 11 is 1.53. The number of aromatic nitrogens is 3. The SMILES string of the molecule is C=CCOc1ccc([C@H]2Nc3ccccc3-c3nnc(SCc4ccccc4)nc3O2)cc1. The molecule has 0 spiro atoms. The number of para-hydroxylation sites is 1. The molecule has 3 aromatic carbocycles. The van der Waals surface area contributed by atoms with Crippen molar-refractivity contribution >= 4 is 17.4 Å². The topological polar surface area (TPSA) is 69.2 Å². The van der Waals surface area contributed by atoms with E-state index in [-0.39, 0.29) is 0 Å². The van der Waals surface area contributed by atoms with Gasteiger partial charge >= 0.3 is 0 Å². The fourth-order valence-corrected chi connectivity index (χ4v) is 4.21. The van der Waals surface area contributed by atoms with Crippen LogP contribution in [0.4, 0.5) is 5.69 Å². The van der Waals surface area contributed by atoms with Gasteiger partial charge in [-0.3, -0.25) is 0 Å². The zero-order chi connectivity index (χ0) is 22.5. The average Bonchev–Trinajstić information content (AvgIpc) is 3.04. The van der Waals surface area contributed by atoms with Gasteiger partial charge in [0.2, 0.25) is 11.0 Å². The Morgan fingerprint density at radius 3 is 2.58 bits per heavy atom. The van der Waals surface area contributed by atoms with Crippen LogP contribution in [0, 0.1) is 0 Å². The molecule has 0 fully saturated rings. The number of thioether (sulfide) groups is 1. The Bertz CT molecular complexity index is 1250. The Morgan fingerprint density at radius 1 is 0.970 bits per heavy atom. The number of ether oxygens (including phenoxy) is 2. The van der Waals surface area contributed by atoms with Gasteiger partial charge in [-0.25, -0.2) is 0 Å². The van der Waals surface area contributed by atoms with Crippen molar-refractivity contribution in [3.05, 3.63) is 103 Å².